The van der Waals surface area contributed by atoms with Crippen LogP contribution in [0.3, 0.4) is 0 Å². The molecule has 30 heavy (non-hydrogen) atoms. The van der Waals surface area contributed by atoms with E-state index in [0.29, 0.717) is 28.6 Å². The van der Waals surface area contributed by atoms with E-state index in [1.165, 1.54) is 18.3 Å². The van der Waals surface area contributed by atoms with Gasteiger partial charge in [-0.1, -0.05) is 29.5 Å². The fourth-order valence-electron chi connectivity index (χ4n) is 3.21. The van der Waals surface area contributed by atoms with Gasteiger partial charge in [0.15, 0.2) is 10.9 Å². The second-order valence-electron chi connectivity index (χ2n) is 7.51. The third-order valence-corrected chi connectivity index (χ3v) is 6.13. The first-order valence-corrected chi connectivity index (χ1v) is 10.6. The predicted molar refractivity (Wildman–Crippen MR) is 122 cm³/mol. The number of hydrogen-bond acceptors (Lipinski definition) is 6. The number of benzene rings is 2. The molecule has 0 aliphatic rings. The Hall–Kier alpha value is -2.77. The quantitative estimate of drug-likeness (QED) is 0.500. The van der Waals surface area contributed by atoms with Crippen molar-refractivity contribution in [3.63, 3.8) is 0 Å². The van der Waals surface area contributed by atoms with Gasteiger partial charge in [0.1, 0.15) is 11.3 Å². The number of thiazole rings is 1. The molecule has 3 rings (SSSR count). The highest BCUT2D eigenvalue weighted by Crippen LogP contribution is 2.36. The lowest BCUT2D eigenvalue weighted by atomic mass is 10.1. The summed E-state index contributed by atoms with van der Waals surface area (Å²) in [6.07, 6.45) is 0.816. The number of aromatic nitrogens is 1. The number of nitrogens with zero attached hydrogens (tertiary/aromatic N) is 3. The maximum absolute atomic E-state index is 13.4. The van der Waals surface area contributed by atoms with Crippen LogP contribution in [0, 0.1) is 6.92 Å². The topological polar surface area (TPSA) is 62.7 Å². The van der Waals surface area contributed by atoms with Crippen LogP contribution in [0.2, 0.25) is 0 Å². The second-order valence-corrected chi connectivity index (χ2v) is 8.48. The molecule has 1 amide bonds. The highest BCUT2D eigenvalue weighted by Gasteiger charge is 2.23. The lowest BCUT2D eigenvalue weighted by Crippen LogP contribution is -2.33. The van der Waals surface area contributed by atoms with Crippen LogP contribution in [0.25, 0.3) is 10.2 Å². The van der Waals surface area contributed by atoms with Crippen molar-refractivity contribution in [2.24, 2.45) is 0 Å². The zero-order valence-electron chi connectivity index (χ0n) is 18.1. The van der Waals surface area contributed by atoms with Gasteiger partial charge in [-0.05, 0) is 64.7 Å². The molecule has 1 heterocycles. The number of fused-ring (bicyclic) bond motifs is 1. The van der Waals surface area contributed by atoms with Crippen LogP contribution in [0.4, 0.5) is 5.13 Å². The van der Waals surface area contributed by atoms with E-state index in [2.05, 4.69) is 4.90 Å². The van der Waals surface area contributed by atoms with E-state index < -0.39 is 0 Å². The number of ketones is 1. The standard InChI is InChI=1S/C23H27N3O3S/c1-15-7-12-19(29-5)20-21(15)30-23(24-20)26(14-6-13-25(3)4)22(28)18-10-8-17(9-11-18)16(2)27/h7-12H,6,13-14H2,1-5H3. The van der Waals surface area contributed by atoms with Gasteiger partial charge in [0.05, 0.1) is 11.8 Å². The predicted octanol–water partition coefficient (Wildman–Crippen LogP) is 4.41. The second kappa shape index (κ2) is 9.36. The van der Waals surface area contributed by atoms with Crippen molar-refractivity contribution in [2.75, 3.05) is 39.2 Å². The number of Topliss-reactive ketones (excluding diaryl/α,β-unsaturated/α-hetero) is 1. The van der Waals surface area contributed by atoms with E-state index in [0.717, 1.165) is 28.7 Å². The van der Waals surface area contributed by atoms with E-state index in [-0.39, 0.29) is 11.7 Å². The van der Waals surface area contributed by atoms with Gasteiger partial charge in [-0.25, -0.2) is 4.98 Å². The first-order chi connectivity index (χ1) is 14.3. The third kappa shape index (κ3) is 4.68. The van der Waals surface area contributed by atoms with E-state index in [1.807, 2.05) is 33.2 Å². The van der Waals surface area contributed by atoms with Gasteiger partial charge in [0, 0.05) is 17.7 Å². The van der Waals surface area contributed by atoms with E-state index in [1.54, 1.807) is 36.3 Å². The Morgan fingerprint density at radius 1 is 1.03 bits per heavy atom. The molecule has 6 nitrogen and oxygen atoms in total. The molecule has 0 unspecified atom stereocenters. The molecule has 0 fully saturated rings. The van der Waals surface area contributed by atoms with Crippen molar-refractivity contribution in [3.05, 3.63) is 53.1 Å². The molecule has 0 saturated carbocycles. The van der Waals surface area contributed by atoms with Crippen LogP contribution in [-0.2, 0) is 0 Å². The summed E-state index contributed by atoms with van der Waals surface area (Å²) in [6, 6.07) is 10.7. The van der Waals surface area contributed by atoms with Crippen LogP contribution in [0.5, 0.6) is 5.75 Å². The van der Waals surface area contributed by atoms with Crippen LogP contribution in [0.15, 0.2) is 36.4 Å². The van der Waals surface area contributed by atoms with Gasteiger partial charge in [-0.15, -0.1) is 0 Å². The van der Waals surface area contributed by atoms with Crippen molar-refractivity contribution < 1.29 is 14.3 Å². The summed E-state index contributed by atoms with van der Waals surface area (Å²) in [5.74, 6) is 0.551. The summed E-state index contributed by atoms with van der Waals surface area (Å²) >= 11 is 1.50. The zero-order valence-corrected chi connectivity index (χ0v) is 18.9. The average molecular weight is 426 g/mol. The number of methoxy groups -OCH3 is 1. The average Bonchev–Trinajstić information content (AvgIpc) is 3.17. The first kappa shape index (κ1) is 21.9. The number of hydrogen-bond donors (Lipinski definition) is 0. The molecular weight excluding hydrogens is 398 g/mol. The van der Waals surface area contributed by atoms with Crippen LogP contribution >= 0.6 is 11.3 Å². The first-order valence-electron chi connectivity index (χ1n) is 9.83. The Morgan fingerprint density at radius 2 is 1.70 bits per heavy atom. The van der Waals surface area contributed by atoms with E-state index in [4.69, 9.17) is 9.72 Å². The Balaban J connectivity index is 1.99. The monoisotopic (exact) mass is 425 g/mol. The van der Waals surface area contributed by atoms with Gasteiger partial charge < -0.3 is 9.64 Å². The van der Waals surface area contributed by atoms with Crippen LogP contribution < -0.4 is 9.64 Å². The number of anilines is 1. The smallest absolute Gasteiger partial charge is 0.260 e. The molecule has 0 saturated heterocycles. The maximum Gasteiger partial charge on any atom is 0.260 e. The molecule has 0 atom stereocenters. The summed E-state index contributed by atoms with van der Waals surface area (Å²) in [4.78, 5) is 33.5. The minimum atomic E-state index is -0.125. The highest BCUT2D eigenvalue weighted by atomic mass is 32.1. The Kier molecular flexibility index (Phi) is 6.84. The number of ether oxygens (including phenoxy) is 1. The zero-order chi connectivity index (χ0) is 21.8. The lowest BCUT2D eigenvalue weighted by molar-refractivity contribution is 0.0981. The maximum atomic E-state index is 13.4. The summed E-state index contributed by atoms with van der Waals surface area (Å²) in [7, 11) is 5.65. The Morgan fingerprint density at radius 3 is 2.30 bits per heavy atom. The molecule has 0 radical (unpaired) electrons. The number of carbonyl (C=O) groups is 2. The fraction of sp³-hybridized carbons (Fsp3) is 0.348. The minimum absolute atomic E-state index is 0.0226. The van der Waals surface area contributed by atoms with Gasteiger partial charge >= 0.3 is 0 Å². The van der Waals surface area contributed by atoms with Crippen LogP contribution in [0.1, 0.15) is 39.6 Å². The molecule has 158 valence electrons. The van der Waals surface area contributed by atoms with Crippen molar-refractivity contribution in [2.45, 2.75) is 20.3 Å². The Bertz CT molecular complexity index is 1060. The van der Waals surface area contributed by atoms with Crippen molar-refractivity contribution >= 4 is 38.4 Å². The summed E-state index contributed by atoms with van der Waals surface area (Å²) in [6.45, 7) is 4.95. The van der Waals surface area contributed by atoms with E-state index >= 15 is 0 Å². The molecule has 0 spiro atoms. The molecular formula is C23H27N3O3S. The minimum Gasteiger partial charge on any atom is -0.494 e. The summed E-state index contributed by atoms with van der Waals surface area (Å²) in [5, 5.41) is 0.650. The molecule has 0 aliphatic heterocycles. The summed E-state index contributed by atoms with van der Waals surface area (Å²) < 4.78 is 6.49. The highest BCUT2D eigenvalue weighted by molar-refractivity contribution is 7.22. The molecule has 0 aliphatic carbocycles. The lowest BCUT2D eigenvalue weighted by Gasteiger charge is -2.21. The van der Waals surface area contributed by atoms with Gasteiger partial charge in [-0.3, -0.25) is 14.5 Å². The van der Waals surface area contributed by atoms with Crippen molar-refractivity contribution in [1.82, 2.24) is 9.88 Å². The third-order valence-electron chi connectivity index (χ3n) is 4.91. The van der Waals surface area contributed by atoms with Gasteiger partial charge in [0.25, 0.3) is 5.91 Å². The van der Waals surface area contributed by atoms with Crippen LogP contribution in [-0.4, -0.2) is 55.9 Å². The Labute approximate surface area is 181 Å². The van der Waals surface area contributed by atoms with Gasteiger partial charge in [-0.2, -0.15) is 0 Å². The fourth-order valence-corrected chi connectivity index (χ4v) is 4.29. The number of carbonyl (C=O) groups excluding carboxylic acids is 2. The number of aryl methyl sites for hydroxylation is 1. The number of rotatable bonds is 8. The van der Waals surface area contributed by atoms with Crippen molar-refractivity contribution in [1.29, 1.82) is 0 Å². The largest absolute Gasteiger partial charge is 0.494 e. The molecule has 7 heteroatoms. The van der Waals surface area contributed by atoms with Gasteiger partial charge in [0.2, 0.25) is 0 Å². The molecule has 2 aromatic carbocycles. The SMILES string of the molecule is COc1ccc(C)c2sc(N(CCCN(C)C)C(=O)c3ccc(C(C)=O)cc3)nc12. The van der Waals surface area contributed by atoms with E-state index in [9.17, 15) is 9.59 Å². The van der Waals surface area contributed by atoms with Crippen molar-refractivity contribution in [3.8, 4) is 5.75 Å². The molecule has 3 aromatic rings. The molecule has 0 bridgehead atoms. The summed E-state index contributed by atoms with van der Waals surface area (Å²) in [5.41, 5.74) is 3.00. The molecule has 1 aromatic heterocycles. The molecule has 0 N–H and O–H groups in total. The number of amides is 1. The normalized spacial score (nSPS) is 11.1.